The summed E-state index contributed by atoms with van der Waals surface area (Å²) in [5, 5.41) is 3.83. The highest BCUT2D eigenvalue weighted by Crippen LogP contribution is 2.36. The Morgan fingerprint density at radius 3 is 2.50 bits per heavy atom. The van der Waals surface area contributed by atoms with Gasteiger partial charge in [0.15, 0.2) is 0 Å². The number of nitrogens with one attached hydrogen (secondary N) is 1. The summed E-state index contributed by atoms with van der Waals surface area (Å²) in [5.74, 6) is 2.87. The molecule has 0 aromatic carbocycles. The van der Waals surface area contributed by atoms with E-state index in [2.05, 4.69) is 24.1 Å². The molecule has 2 heteroatoms. The SMILES string of the molecule is CC(C)CC1CNC(C2CC2)CN1CC1CCC1. The lowest BCUT2D eigenvalue weighted by atomic mass is 9.84. The van der Waals surface area contributed by atoms with Gasteiger partial charge in [-0.25, -0.2) is 0 Å². The molecule has 18 heavy (non-hydrogen) atoms. The van der Waals surface area contributed by atoms with Crippen LogP contribution in [0.4, 0.5) is 0 Å². The van der Waals surface area contributed by atoms with E-state index >= 15 is 0 Å². The minimum absolute atomic E-state index is 0.806. The van der Waals surface area contributed by atoms with E-state index in [1.165, 1.54) is 58.2 Å². The zero-order valence-corrected chi connectivity index (χ0v) is 12.2. The minimum atomic E-state index is 0.806. The Labute approximate surface area is 113 Å². The second kappa shape index (κ2) is 5.50. The number of rotatable bonds is 5. The van der Waals surface area contributed by atoms with Gasteiger partial charge in [0.05, 0.1) is 0 Å². The smallest absolute Gasteiger partial charge is 0.0224 e. The van der Waals surface area contributed by atoms with E-state index in [1.54, 1.807) is 0 Å². The van der Waals surface area contributed by atoms with Crippen LogP contribution in [0.2, 0.25) is 0 Å². The molecule has 0 amide bonds. The first-order valence-corrected chi connectivity index (χ1v) is 8.20. The molecular weight excluding hydrogens is 220 g/mol. The topological polar surface area (TPSA) is 15.3 Å². The molecule has 104 valence electrons. The molecule has 3 aliphatic rings. The number of nitrogens with zero attached hydrogens (tertiary/aromatic N) is 1. The summed E-state index contributed by atoms with van der Waals surface area (Å²) in [6.45, 7) is 8.70. The Hall–Kier alpha value is -0.0800. The molecule has 0 aromatic rings. The van der Waals surface area contributed by atoms with Gasteiger partial charge in [0.1, 0.15) is 0 Å². The van der Waals surface area contributed by atoms with Crippen LogP contribution in [0, 0.1) is 17.8 Å². The molecule has 0 radical (unpaired) electrons. The van der Waals surface area contributed by atoms with Crippen LogP contribution in [0.25, 0.3) is 0 Å². The Morgan fingerprint density at radius 2 is 1.94 bits per heavy atom. The van der Waals surface area contributed by atoms with Crippen LogP contribution in [-0.2, 0) is 0 Å². The molecule has 2 atom stereocenters. The molecule has 0 bridgehead atoms. The van der Waals surface area contributed by atoms with Crippen LogP contribution in [0.15, 0.2) is 0 Å². The number of hydrogen-bond donors (Lipinski definition) is 1. The molecule has 3 fully saturated rings. The molecule has 0 aromatic heterocycles. The molecule has 1 aliphatic heterocycles. The maximum Gasteiger partial charge on any atom is 0.0224 e. The van der Waals surface area contributed by atoms with Crippen molar-refractivity contribution < 1.29 is 0 Å². The van der Waals surface area contributed by atoms with Crippen LogP contribution in [0.3, 0.4) is 0 Å². The molecule has 3 rings (SSSR count). The third-order valence-corrected chi connectivity index (χ3v) is 5.22. The summed E-state index contributed by atoms with van der Waals surface area (Å²) in [6.07, 6.45) is 8.79. The molecule has 1 heterocycles. The fourth-order valence-electron chi connectivity index (χ4n) is 3.70. The van der Waals surface area contributed by atoms with Crippen LogP contribution < -0.4 is 5.32 Å². The van der Waals surface area contributed by atoms with E-state index < -0.39 is 0 Å². The quantitative estimate of drug-likeness (QED) is 0.807. The number of piperazine rings is 1. The third-order valence-electron chi connectivity index (χ3n) is 5.22. The van der Waals surface area contributed by atoms with Gasteiger partial charge in [0, 0.05) is 31.7 Å². The summed E-state index contributed by atoms with van der Waals surface area (Å²) in [7, 11) is 0. The monoisotopic (exact) mass is 250 g/mol. The standard InChI is InChI=1S/C16H30N2/c1-12(2)8-15-9-17-16(14-6-7-14)11-18(15)10-13-4-3-5-13/h12-17H,3-11H2,1-2H3. The Morgan fingerprint density at radius 1 is 1.17 bits per heavy atom. The van der Waals surface area contributed by atoms with E-state index in [-0.39, 0.29) is 0 Å². The lowest BCUT2D eigenvalue weighted by molar-refractivity contribution is 0.0727. The number of hydrogen-bond acceptors (Lipinski definition) is 2. The van der Waals surface area contributed by atoms with E-state index in [0.717, 1.165) is 29.8 Å². The molecule has 0 spiro atoms. The molecule has 1 saturated heterocycles. The second-order valence-corrected chi connectivity index (χ2v) is 7.39. The van der Waals surface area contributed by atoms with Crippen LogP contribution in [-0.4, -0.2) is 36.6 Å². The average molecular weight is 250 g/mol. The van der Waals surface area contributed by atoms with Gasteiger partial charge in [-0.2, -0.15) is 0 Å². The van der Waals surface area contributed by atoms with Gasteiger partial charge >= 0.3 is 0 Å². The van der Waals surface area contributed by atoms with Gasteiger partial charge in [0.25, 0.3) is 0 Å². The third kappa shape index (κ3) is 3.08. The van der Waals surface area contributed by atoms with E-state index in [0.29, 0.717) is 0 Å². The maximum absolute atomic E-state index is 3.83. The Balaban J connectivity index is 1.57. The van der Waals surface area contributed by atoms with Crippen molar-refractivity contribution in [3.63, 3.8) is 0 Å². The largest absolute Gasteiger partial charge is 0.311 e. The highest BCUT2D eigenvalue weighted by molar-refractivity contribution is 4.95. The average Bonchev–Trinajstić information content (AvgIpc) is 3.08. The van der Waals surface area contributed by atoms with E-state index in [4.69, 9.17) is 0 Å². The maximum atomic E-state index is 3.83. The lowest BCUT2D eigenvalue weighted by Crippen LogP contribution is -2.58. The first-order valence-electron chi connectivity index (χ1n) is 8.20. The summed E-state index contributed by atoms with van der Waals surface area (Å²) < 4.78 is 0. The molecule has 2 aliphatic carbocycles. The van der Waals surface area contributed by atoms with Crippen molar-refractivity contribution in [3.05, 3.63) is 0 Å². The fraction of sp³-hybridized carbons (Fsp3) is 1.00. The van der Waals surface area contributed by atoms with E-state index in [9.17, 15) is 0 Å². The van der Waals surface area contributed by atoms with Gasteiger partial charge in [-0.3, -0.25) is 4.90 Å². The predicted molar refractivity (Wildman–Crippen MR) is 76.7 cm³/mol. The molecule has 2 nitrogen and oxygen atoms in total. The van der Waals surface area contributed by atoms with E-state index in [1.807, 2.05) is 0 Å². The van der Waals surface area contributed by atoms with Crippen molar-refractivity contribution in [2.45, 2.75) is 64.5 Å². The summed E-state index contributed by atoms with van der Waals surface area (Å²) in [6, 6.07) is 1.62. The minimum Gasteiger partial charge on any atom is -0.311 e. The van der Waals surface area contributed by atoms with Crippen molar-refractivity contribution in [1.29, 1.82) is 0 Å². The van der Waals surface area contributed by atoms with Gasteiger partial charge in [-0.1, -0.05) is 20.3 Å². The summed E-state index contributed by atoms with van der Waals surface area (Å²) in [4.78, 5) is 2.85. The highest BCUT2D eigenvalue weighted by atomic mass is 15.2. The summed E-state index contributed by atoms with van der Waals surface area (Å²) in [5.41, 5.74) is 0. The van der Waals surface area contributed by atoms with Gasteiger partial charge in [-0.05, 0) is 49.9 Å². The van der Waals surface area contributed by atoms with Crippen molar-refractivity contribution in [2.24, 2.45) is 17.8 Å². The molecule has 2 unspecified atom stereocenters. The Kier molecular flexibility index (Phi) is 3.95. The lowest BCUT2D eigenvalue weighted by Gasteiger charge is -2.44. The van der Waals surface area contributed by atoms with Crippen molar-refractivity contribution in [1.82, 2.24) is 10.2 Å². The predicted octanol–water partition coefficient (Wildman–Crippen LogP) is 2.89. The first-order chi connectivity index (χ1) is 8.72. The van der Waals surface area contributed by atoms with Crippen LogP contribution in [0.1, 0.15) is 52.4 Å². The second-order valence-electron chi connectivity index (χ2n) is 7.39. The molecular formula is C16H30N2. The first kappa shape index (κ1) is 12.9. The van der Waals surface area contributed by atoms with Crippen LogP contribution in [0.5, 0.6) is 0 Å². The van der Waals surface area contributed by atoms with Crippen molar-refractivity contribution in [3.8, 4) is 0 Å². The zero-order valence-electron chi connectivity index (χ0n) is 12.2. The molecule has 1 N–H and O–H groups in total. The fourth-order valence-corrected chi connectivity index (χ4v) is 3.70. The highest BCUT2D eigenvalue weighted by Gasteiger charge is 2.38. The van der Waals surface area contributed by atoms with Gasteiger partial charge in [-0.15, -0.1) is 0 Å². The molecule has 2 saturated carbocycles. The van der Waals surface area contributed by atoms with Gasteiger partial charge in [0.2, 0.25) is 0 Å². The normalized spacial score (nSPS) is 34.8. The summed E-state index contributed by atoms with van der Waals surface area (Å²) >= 11 is 0. The van der Waals surface area contributed by atoms with Crippen molar-refractivity contribution in [2.75, 3.05) is 19.6 Å². The zero-order chi connectivity index (χ0) is 12.5. The van der Waals surface area contributed by atoms with Crippen molar-refractivity contribution >= 4 is 0 Å². The van der Waals surface area contributed by atoms with Crippen LogP contribution >= 0.6 is 0 Å². The van der Waals surface area contributed by atoms with Gasteiger partial charge < -0.3 is 5.32 Å². The Bertz CT molecular complexity index is 268.